The van der Waals surface area contributed by atoms with Crippen molar-refractivity contribution in [3.05, 3.63) is 11.9 Å². The molecule has 1 rings (SSSR count). The molecule has 5 heteroatoms. The van der Waals surface area contributed by atoms with Gasteiger partial charge in [-0.2, -0.15) is 4.39 Å². The predicted octanol–water partition coefficient (Wildman–Crippen LogP) is 1.46. The molecule has 0 amide bonds. The zero-order valence-electron chi connectivity index (χ0n) is 9.74. The van der Waals surface area contributed by atoms with Gasteiger partial charge in [-0.25, -0.2) is 4.79 Å². The molecule has 2 atom stereocenters. The standard InChI is InChI=1S/C11H15FO4/c1-11(2)6(8(11)10(14)16-4)5-7(12)9(13)15-3/h5-6,8H,1-4H3. The zero-order chi connectivity index (χ0) is 12.5. The second kappa shape index (κ2) is 4.23. The number of ether oxygens (including phenoxy) is 2. The van der Waals surface area contributed by atoms with Crippen molar-refractivity contribution in [2.45, 2.75) is 13.8 Å². The van der Waals surface area contributed by atoms with Crippen LogP contribution in [0.3, 0.4) is 0 Å². The highest BCUT2D eigenvalue weighted by atomic mass is 19.1. The predicted molar refractivity (Wildman–Crippen MR) is 54.0 cm³/mol. The summed E-state index contributed by atoms with van der Waals surface area (Å²) in [6.07, 6.45) is 1.13. The summed E-state index contributed by atoms with van der Waals surface area (Å²) in [5.74, 6) is -3.09. The van der Waals surface area contributed by atoms with Crippen molar-refractivity contribution in [2.24, 2.45) is 17.3 Å². The van der Waals surface area contributed by atoms with Gasteiger partial charge in [0.05, 0.1) is 20.1 Å². The van der Waals surface area contributed by atoms with Gasteiger partial charge in [0.15, 0.2) is 0 Å². The second-order valence-corrected chi connectivity index (χ2v) is 4.35. The van der Waals surface area contributed by atoms with E-state index < -0.39 is 17.7 Å². The number of halogens is 1. The topological polar surface area (TPSA) is 52.6 Å². The maximum atomic E-state index is 13.2. The summed E-state index contributed by atoms with van der Waals surface area (Å²) in [5, 5.41) is 0. The molecular weight excluding hydrogens is 215 g/mol. The molecule has 0 aromatic rings. The molecule has 1 aliphatic carbocycles. The molecule has 16 heavy (non-hydrogen) atoms. The van der Waals surface area contributed by atoms with Gasteiger partial charge in [-0.3, -0.25) is 4.79 Å². The number of methoxy groups -OCH3 is 2. The minimum Gasteiger partial charge on any atom is -0.469 e. The fourth-order valence-electron chi connectivity index (χ4n) is 1.89. The van der Waals surface area contributed by atoms with Crippen molar-refractivity contribution in [1.82, 2.24) is 0 Å². The van der Waals surface area contributed by atoms with Crippen molar-refractivity contribution < 1.29 is 23.5 Å². The molecule has 0 aliphatic heterocycles. The van der Waals surface area contributed by atoms with Crippen molar-refractivity contribution in [3.63, 3.8) is 0 Å². The van der Waals surface area contributed by atoms with Crippen LogP contribution in [0.1, 0.15) is 13.8 Å². The van der Waals surface area contributed by atoms with Crippen molar-refractivity contribution in [1.29, 1.82) is 0 Å². The quantitative estimate of drug-likeness (QED) is 0.544. The lowest BCUT2D eigenvalue weighted by Gasteiger charge is -1.99. The van der Waals surface area contributed by atoms with E-state index in [-0.39, 0.29) is 17.3 Å². The van der Waals surface area contributed by atoms with Gasteiger partial charge in [-0.1, -0.05) is 13.8 Å². The van der Waals surface area contributed by atoms with Gasteiger partial charge in [0.1, 0.15) is 0 Å². The Labute approximate surface area is 93.4 Å². The van der Waals surface area contributed by atoms with Gasteiger partial charge < -0.3 is 9.47 Å². The molecule has 1 saturated carbocycles. The van der Waals surface area contributed by atoms with Crippen LogP contribution in [0.25, 0.3) is 0 Å². The normalized spacial score (nSPS) is 27.2. The molecule has 4 nitrogen and oxygen atoms in total. The Balaban J connectivity index is 2.78. The summed E-state index contributed by atoms with van der Waals surface area (Å²) in [7, 11) is 2.39. The number of carbonyl (C=O) groups excluding carboxylic acids is 2. The maximum Gasteiger partial charge on any atom is 0.366 e. The molecular formula is C11H15FO4. The molecule has 2 unspecified atom stereocenters. The highest BCUT2D eigenvalue weighted by molar-refractivity contribution is 5.86. The lowest BCUT2D eigenvalue weighted by Crippen LogP contribution is -2.07. The highest BCUT2D eigenvalue weighted by Crippen LogP contribution is 2.59. The maximum absolute atomic E-state index is 13.2. The summed E-state index contributed by atoms with van der Waals surface area (Å²) in [6, 6.07) is 0. The van der Waals surface area contributed by atoms with E-state index in [1.165, 1.54) is 7.11 Å². The average molecular weight is 230 g/mol. The summed E-state index contributed by atoms with van der Waals surface area (Å²) < 4.78 is 22.0. The van der Waals surface area contributed by atoms with E-state index in [1.54, 1.807) is 0 Å². The average Bonchev–Trinajstić information content (AvgIpc) is 2.78. The Morgan fingerprint density at radius 2 is 1.81 bits per heavy atom. The van der Waals surface area contributed by atoms with Crippen LogP contribution in [0.4, 0.5) is 4.39 Å². The SMILES string of the molecule is COC(=O)C(F)=CC1C(C(=O)OC)C1(C)C. The third-order valence-corrected chi connectivity index (χ3v) is 3.07. The van der Waals surface area contributed by atoms with E-state index in [9.17, 15) is 14.0 Å². The molecule has 0 radical (unpaired) electrons. The van der Waals surface area contributed by atoms with Crippen LogP contribution >= 0.6 is 0 Å². The highest BCUT2D eigenvalue weighted by Gasteiger charge is 2.61. The molecule has 0 heterocycles. The van der Waals surface area contributed by atoms with Crippen molar-refractivity contribution in [3.8, 4) is 0 Å². The van der Waals surface area contributed by atoms with Gasteiger partial charge in [0.2, 0.25) is 5.83 Å². The first kappa shape index (κ1) is 12.7. The third-order valence-electron chi connectivity index (χ3n) is 3.07. The monoisotopic (exact) mass is 230 g/mol. The molecule has 0 bridgehead atoms. The Morgan fingerprint density at radius 1 is 1.25 bits per heavy atom. The third kappa shape index (κ3) is 2.08. The molecule has 0 aromatic heterocycles. The Hall–Kier alpha value is -1.39. The lowest BCUT2D eigenvalue weighted by atomic mass is 10.1. The van der Waals surface area contributed by atoms with Crippen LogP contribution in [0, 0.1) is 17.3 Å². The van der Waals surface area contributed by atoms with Gasteiger partial charge in [0.25, 0.3) is 0 Å². The summed E-state index contributed by atoms with van der Waals surface area (Å²) in [6.45, 7) is 3.64. The van der Waals surface area contributed by atoms with E-state index in [2.05, 4.69) is 9.47 Å². The van der Waals surface area contributed by atoms with Gasteiger partial charge in [-0.15, -0.1) is 0 Å². The van der Waals surface area contributed by atoms with Crippen molar-refractivity contribution >= 4 is 11.9 Å². The van der Waals surface area contributed by atoms with Crippen LogP contribution in [-0.2, 0) is 19.1 Å². The number of carbonyl (C=O) groups is 2. The van der Waals surface area contributed by atoms with Crippen LogP contribution in [0.2, 0.25) is 0 Å². The molecule has 0 N–H and O–H groups in total. The van der Waals surface area contributed by atoms with Crippen LogP contribution in [0.15, 0.2) is 11.9 Å². The van der Waals surface area contributed by atoms with E-state index in [4.69, 9.17) is 0 Å². The van der Waals surface area contributed by atoms with Crippen LogP contribution in [0.5, 0.6) is 0 Å². The van der Waals surface area contributed by atoms with Gasteiger partial charge in [-0.05, 0) is 17.4 Å². The summed E-state index contributed by atoms with van der Waals surface area (Å²) in [4.78, 5) is 22.2. The number of hydrogen-bond acceptors (Lipinski definition) is 4. The largest absolute Gasteiger partial charge is 0.469 e. The van der Waals surface area contributed by atoms with Gasteiger partial charge >= 0.3 is 11.9 Å². The van der Waals surface area contributed by atoms with E-state index in [0.29, 0.717) is 0 Å². The number of allylic oxidation sites excluding steroid dienone is 1. The van der Waals surface area contributed by atoms with Gasteiger partial charge in [0, 0.05) is 0 Å². The minimum absolute atomic E-state index is 0.320. The second-order valence-electron chi connectivity index (χ2n) is 4.35. The summed E-state index contributed by atoms with van der Waals surface area (Å²) >= 11 is 0. The Morgan fingerprint density at radius 3 is 2.25 bits per heavy atom. The number of rotatable bonds is 3. The first-order valence-electron chi connectivity index (χ1n) is 4.89. The zero-order valence-corrected chi connectivity index (χ0v) is 9.74. The Kier molecular flexibility index (Phi) is 3.35. The first-order valence-corrected chi connectivity index (χ1v) is 4.89. The molecule has 0 saturated heterocycles. The molecule has 0 spiro atoms. The fourth-order valence-corrected chi connectivity index (χ4v) is 1.89. The van der Waals surface area contributed by atoms with E-state index in [0.717, 1.165) is 13.2 Å². The molecule has 90 valence electrons. The van der Waals surface area contributed by atoms with E-state index in [1.807, 2.05) is 13.8 Å². The van der Waals surface area contributed by atoms with Crippen molar-refractivity contribution in [2.75, 3.05) is 14.2 Å². The minimum atomic E-state index is -1.02. The number of hydrogen-bond donors (Lipinski definition) is 0. The fraction of sp³-hybridized carbons (Fsp3) is 0.636. The Bertz CT molecular complexity index is 346. The smallest absolute Gasteiger partial charge is 0.366 e. The first-order chi connectivity index (χ1) is 7.36. The van der Waals surface area contributed by atoms with Crippen LogP contribution in [-0.4, -0.2) is 26.2 Å². The number of esters is 2. The summed E-state index contributed by atoms with van der Waals surface area (Å²) in [5.41, 5.74) is -0.377. The molecule has 1 aliphatic rings. The molecule has 1 fully saturated rings. The van der Waals surface area contributed by atoms with E-state index >= 15 is 0 Å². The lowest BCUT2D eigenvalue weighted by molar-refractivity contribution is -0.143. The van der Waals surface area contributed by atoms with Crippen LogP contribution < -0.4 is 0 Å². The molecule has 0 aromatic carbocycles.